The second kappa shape index (κ2) is 6.41. The van der Waals surface area contributed by atoms with Crippen molar-refractivity contribution in [3.63, 3.8) is 0 Å². The molecule has 0 aromatic rings. The van der Waals surface area contributed by atoms with Crippen molar-refractivity contribution in [1.82, 2.24) is 4.90 Å². The molecule has 2 heterocycles. The van der Waals surface area contributed by atoms with Crippen molar-refractivity contribution in [2.75, 3.05) is 32.8 Å². The molecule has 2 nitrogen and oxygen atoms in total. The van der Waals surface area contributed by atoms with Crippen LogP contribution in [-0.4, -0.2) is 37.7 Å². The van der Waals surface area contributed by atoms with Crippen LogP contribution in [-0.2, 0) is 4.74 Å². The summed E-state index contributed by atoms with van der Waals surface area (Å²) in [5.74, 6) is 1.87. The number of nitrogens with zero attached hydrogens (tertiary/aromatic N) is 1. The summed E-state index contributed by atoms with van der Waals surface area (Å²) in [5, 5.41) is 0. The minimum atomic E-state index is 0.922. The monoisotopic (exact) mass is 199 g/mol. The number of likely N-dealkylation sites (tertiary alicyclic amines) is 1. The minimum Gasteiger partial charge on any atom is -0.381 e. The molecule has 2 aliphatic heterocycles. The Morgan fingerprint density at radius 1 is 1.14 bits per heavy atom. The van der Waals surface area contributed by atoms with Crippen molar-refractivity contribution in [2.45, 2.75) is 33.6 Å². The van der Waals surface area contributed by atoms with Gasteiger partial charge in [0.15, 0.2) is 0 Å². The molecule has 2 fully saturated rings. The van der Waals surface area contributed by atoms with Gasteiger partial charge in [0, 0.05) is 32.8 Å². The maximum absolute atomic E-state index is 5.34. The lowest BCUT2D eigenvalue weighted by Gasteiger charge is -2.40. The highest BCUT2D eigenvalue weighted by molar-refractivity contribution is 4.79. The normalized spacial score (nSPS) is 25.1. The summed E-state index contributed by atoms with van der Waals surface area (Å²) in [6.45, 7) is 12.3. The van der Waals surface area contributed by atoms with Gasteiger partial charge in [-0.05, 0) is 24.7 Å². The van der Waals surface area contributed by atoms with Crippen molar-refractivity contribution in [3.05, 3.63) is 0 Å². The van der Waals surface area contributed by atoms with Gasteiger partial charge in [0.1, 0.15) is 0 Å². The topological polar surface area (TPSA) is 12.5 Å². The summed E-state index contributed by atoms with van der Waals surface area (Å²) in [5.41, 5.74) is 0. The Morgan fingerprint density at radius 2 is 1.71 bits per heavy atom. The fourth-order valence-electron chi connectivity index (χ4n) is 2.27. The van der Waals surface area contributed by atoms with Crippen molar-refractivity contribution in [2.24, 2.45) is 11.8 Å². The molecule has 84 valence electrons. The summed E-state index contributed by atoms with van der Waals surface area (Å²) < 4.78 is 5.34. The Hall–Kier alpha value is -0.0800. The zero-order valence-electron chi connectivity index (χ0n) is 9.96. The molecule has 14 heavy (non-hydrogen) atoms. The van der Waals surface area contributed by atoms with Crippen LogP contribution in [0.2, 0.25) is 0 Å². The molecule has 0 aliphatic carbocycles. The zero-order chi connectivity index (χ0) is 10.4. The van der Waals surface area contributed by atoms with Crippen LogP contribution in [0.25, 0.3) is 0 Å². The predicted molar refractivity (Wildman–Crippen MR) is 60.5 cm³/mol. The first-order valence-electron chi connectivity index (χ1n) is 6.14. The molecule has 2 saturated heterocycles. The average molecular weight is 199 g/mol. The van der Waals surface area contributed by atoms with E-state index in [9.17, 15) is 0 Å². The van der Waals surface area contributed by atoms with Crippen LogP contribution in [0.4, 0.5) is 0 Å². The number of ether oxygens (including phenoxy) is 1. The van der Waals surface area contributed by atoms with Gasteiger partial charge in [-0.3, -0.25) is 0 Å². The van der Waals surface area contributed by atoms with E-state index in [2.05, 4.69) is 11.8 Å². The molecular weight excluding hydrogens is 174 g/mol. The van der Waals surface area contributed by atoms with E-state index in [0.29, 0.717) is 0 Å². The minimum absolute atomic E-state index is 0.922. The second-order valence-electron chi connectivity index (χ2n) is 4.38. The lowest BCUT2D eigenvalue weighted by Crippen LogP contribution is -2.47. The van der Waals surface area contributed by atoms with Crippen LogP contribution in [0, 0.1) is 11.8 Å². The first-order chi connectivity index (χ1) is 6.84. The second-order valence-corrected chi connectivity index (χ2v) is 4.38. The summed E-state index contributed by atoms with van der Waals surface area (Å²) in [4.78, 5) is 2.58. The molecule has 2 heteroatoms. The highest BCUT2D eigenvalue weighted by Crippen LogP contribution is 2.21. The third-order valence-electron chi connectivity index (χ3n) is 3.00. The fraction of sp³-hybridized carbons (Fsp3) is 1.00. The van der Waals surface area contributed by atoms with Gasteiger partial charge in [-0.1, -0.05) is 20.8 Å². The van der Waals surface area contributed by atoms with Gasteiger partial charge in [0.25, 0.3) is 0 Å². The van der Waals surface area contributed by atoms with Gasteiger partial charge in [0.2, 0.25) is 0 Å². The molecule has 0 saturated carbocycles. The summed E-state index contributed by atoms with van der Waals surface area (Å²) >= 11 is 0. The van der Waals surface area contributed by atoms with Crippen LogP contribution in [0.1, 0.15) is 33.6 Å². The smallest absolute Gasteiger partial charge is 0.0469 e. The standard InChI is InChI=1S/C10H19NO.C2H6/c1-9-6-11(7-9)8-10-2-4-12-5-3-10;1-2/h9-10H,2-8H2,1H3;1-2H3. The molecule has 2 aliphatic rings. The lowest BCUT2D eigenvalue weighted by molar-refractivity contribution is 0.0288. The molecule has 0 bridgehead atoms. The molecule has 0 aromatic carbocycles. The fourth-order valence-corrected chi connectivity index (χ4v) is 2.27. The van der Waals surface area contributed by atoms with Gasteiger partial charge in [0.05, 0.1) is 0 Å². The Balaban J connectivity index is 0.000000461. The molecular formula is C12H25NO. The van der Waals surface area contributed by atoms with E-state index in [4.69, 9.17) is 4.74 Å². The van der Waals surface area contributed by atoms with Crippen LogP contribution >= 0.6 is 0 Å². The lowest BCUT2D eigenvalue weighted by atomic mass is 9.95. The van der Waals surface area contributed by atoms with Crippen LogP contribution in [0.15, 0.2) is 0 Å². The van der Waals surface area contributed by atoms with Crippen LogP contribution in [0.5, 0.6) is 0 Å². The zero-order valence-corrected chi connectivity index (χ0v) is 9.96. The van der Waals surface area contributed by atoms with E-state index in [1.807, 2.05) is 13.8 Å². The van der Waals surface area contributed by atoms with Gasteiger partial charge >= 0.3 is 0 Å². The van der Waals surface area contributed by atoms with Crippen molar-refractivity contribution >= 4 is 0 Å². The summed E-state index contributed by atoms with van der Waals surface area (Å²) in [6.07, 6.45) is 2.57. The SMILES string of the molecule is CC.CC1CN(CC2CCOCC2)C1. The molecule has 0 unspecified atom stereocenters. The van der Waals surface area contributed by atoms with Gasteiger partial charge in [-0.2, -0.15) is 0 Å². The predicted octanol–water partition coefficient (Wildman–Crippen LogP) is 2.39. The number of rotatable bonds is 2. The van der Waals surface area contributed by atoms with E-state index in [0.717, 1.165) is 25.0 Å². The molecule has 0 atom stereocenters. The van der Waals surface area contributed by atoms with Gasteiger partial charge < -0.3 is 9.64 Å². The van der Waals surface area contributed by atoms with Crippen molar-refractivity contribution in [1.29, 1.82) is 0 Å². The Bertz CT molecular complexity index is 137. The Kier molecular flexibility index (Phi) is 5.49. The van der Waals surface area contributed by atoms with E-state index >= 15 is 0 Å². The quantitative estimate of drug-likeness (QED) is 0.677. The Morgan fingerprint density at radius 3 is 2.21 bits per heavy atom. The van der Waals surface area contributed by atoms with E-state index < -0.39 is 0 Å². The molecule has 0 amide bonds. The maximum Gasteiger partial charge on any atom is 0.0469 e. The largest absolute Gasteiger partial charge is 0.381 e. The van der Waals surface area contributed by atoms with Crippen LogP contribution < -0.4 is 0 Å². The first-order valence-corrected chi connectivity index (χ1v) is 6.14. The van der Waals surface area contributed by atoms with Crippen molar-refractivity contribution < 1.29 is 4.74 Å². The molecule has 0 spiro atoms. The third kappa shape index (κ3) is 3.58. The van der Waals surface area contributed by atoms with E-state index in [1.54, 1.807) is 0 Å². The third-order valence-corrected chi connectivity index (χ3v) is 3.00. The average Bonchev–Trinajstić information content (AvgIpc) is 2.20. The van der Waals surface area contributed by atoms with E-state index in [1.165, 1.54) is 32.5 Å². The van der Waals surface area contributed by atoms with Gasteiger partial charge in [-0.15, -0.1) is 0 Å². The molecule has 2 rings (SSSR count). The highest BCUT2D eigenvalue weighted by Gasteiger charge is 2.25. The molecule has 0 radical (unpaired) electrons. The Labute approximate surface area is 88.6 Å². The highest BCUT2D eigenvalue weighted by atomic mass is 16.5. The first kappa shape index (κ1) is 12.0. The summed E-state index contributed by atoms with van der Waals surface area (Å²) in [6, 6.07) is 0. The molecule has 0 aromatic heterocycles. The van der Waals surface area contributed by atoms with Gasteiger partial charge in [-0.25, -0.2) is 0 Å². The number of hydrogen-bond donors (Lipinski definition) is 0. The number of hydrogen-bond acceptors (Lipinski definition) is 2. The maximum atomic E-state index is 5.34. The molecule has 0 N–H and O–H groups in total. The van der Waals surface area contributed by atoms with E-state index in [-0.39, 0.29) is 0 Å². The summed E-state index contributed by atoms with van der Waals surface area (Å²) in [7, 11) is 0. The van der Waals surface area contributed by atoms with Crippen LogP contribution in [0.3, 0.4) is 0 Å². The van der Waals surface area contributed by atoms with Crippen molar-refractivity contribution in [3.8, 4) is 0 Å².